The van der Waals surface area contributed by atoms with E-state index in [9.17, 15) is 9.59 Å². The number of hydrogen-bond donors (Lipinski definition) is 0. The Bertz CT molecular complexity index is 569. The van der Waals surface area contributed by atoms with Crippen molar-refractivity contribution in [3.63, 3.8) is 0 Å². The molecule has 1 unspecified atom stereocenters. The SMILES string of the molecule is CCOC(=O)C1(C)Cc2cc(OC(C)=O)c(Br)cc2O1. The number of rotatable bonds is 3. The van der Waals surface area contributed by atoms with E-state index >= 15 is 0 Å². The van der Waals surface area contributed by atoms with Gasteiger partial charge >= 0.3 is 11.9 Å². The molecule has 0 fully saturated rings. The van der Waals surface area contributed by atoms with Gasteiger partial charge in [-0.2, -0.15) is 0 Å². The minimum Gasteiger partial charge on any atom is -0.475 e. The van der Waals surface area contributed by atoms with Crippen molar-refractivity contribution in [1.29, 1.82) is 0 Å². The molecule has 0 saturated heterocycles. The largest absolute Gasteiger partial charge is 0.475 e. The quantitative estimate of drug-likeness (QED) is 0.624. The van der Waals surface area contributed by atoms with Gasteiger partial charge in [-0.1, -0.05) is 0 Å². The maximum Gasteiger partial charge on any atom is 0.350 e. The summed E-state index contributed by atoms with van der Waals surface area (Å²) in [5.74, 6) is 0.190. The molecule has 2 rings (SSSR count). The van der Waals surface area contributed by atoms with E-state index in [1.54, 1.807) is 26.0 Å². The first-order valence-electron chi connectivity index (χ1n) is 6.23. The van der Waals surface area contributed by atoms with Gasteiger partial charge in [0.05, 0.1) is 11.1 Å². The van der Waals surface area contributed by atoms with E-state index in [0.29, 0.717) is 29.0 Å². The summed E-state index contributed by atoms with van der Waals surface area (Å²) in [5.41, 5.74) is -0.230. The molecule has 1 heterocycles. The van der Waals surface area contributed by atoms with Gasteiger partial charge in [-0.3, -0.25) is 4.79 Å². The van der Waals surface area contributed by atoms with Crippen LogP contribution in [0.4, 0.5) is 0 Å². The summed E-state index contributed by atoms with van der Waals surface area (Å²) < 4.78 is 16.4. The molecule has 1 aliphatic heterocycles. The molecule has 0 saturated carbocycles. The van der Waals surface area contributed by atoms with Crippen molar-refractivity contribution in [2.24, 2.45) is 0 Å². The van der Waals surface area contributed by atoms with Crippen LogP contribution in [0, 0.1) is 0 Å². The number of esters is 2. The zero-order valence-electron chi connectivity index (χ0n) is 11.5. The number of halogens is 1. The van der Waals surface area contributed by atoms with Gasteiger partial charge < -0.3 is 14.2 Å². The molecule has 0 spiro atoms. The van der Waals surface area contributed by atoms with E-state index in [1.807, 2.05) is 0 Å². The summed E-state index contributed by atoms with van der Waals surface area (Å²) >= 11 is 3.31. The highest BCUT2D eigenvalue weighted by atomic mass is 79.9. The summed E-state index contributed by atoms with van der Waals surface area (Å²) in [6.07, 6.45) is 0.378. The molecule has 0 N–H and O–H groups in total. The highest BCUT2D eigenvalue weighted by molar-refractivity contribution is 9.10. The highest BCUT2D eigenvalue weighted by Gasteiger charge is 2.43. The predicted molar refractivity (Wildman–Crippen MR) is 74.8 cm³/mol. The second kappa shape index (κ2) is 5.44. The minimum absolute atomic E-state index is 0.302. The van der Waals surface area contributed by atoms with Crippen LogP contribution in [-0.2, 0) is 20.7 Å². The fourth-order valence-electron chi connectivity index (χ4n) is 2.08. The number of benzene rings is 1. The van der Waals surface area contributed by atoms with Crippen LogP contribution in [0.15, 0.2) is 16.6 Å². The average Bonchev–Trinajstić information content (AvgIpc) is 2.66. The number of ether oxygens (including phenoxy) is 3. The summed E-state index contributed by atoms with van der Waals surface area (Å²) in [6.45, 7) is 5.07. The van der Waals surface area contributed by atoms with Crippen molar-refractivity contribution >= 4 is 27.9 Å². The van der Waals surface area contributed by atoms with Crippen molar-refractivity contribution in [2.75, 3.05) is 6.61 Å². The Balaban J connectivity index is 2.28. The molecule has 108 valence electrons. The number of carbonyl (C=O) groups is 2. The van der Waals surface area contributed by atoms with Crippen LogP contribution >= 0.6 is 15.9 Å². The molecule has 5 nitrogen and oxygen atoms in total. The van der Waals surface area contributed by atoms with Gasteiger partial charge in [0, 0.05) is 18.9 Å². The Morgan fingerprint density at radius 1 is 1.45 bits per heavy atom. The van der Waals surface area contributed by atoms with Crippen LogP contribution in [-0.4, -0.2) is 24.1 Å². The van der Waals surface area contributed by atoms with Crippen molar-refractivity contribution in [2.45, 2.75) is 32.8 Å². The Morgan fingerprint density at radius 3 is 2.75 bits per heavy atom. The van der Waals surface area contributed by atoms with Gasteiger partial charge in [0.1, 0.15) is 11.5 Å². The fourth-order valence-corrected chi connectivity index (χ4v) is 2.49. The Morgan fingerprint density at radius 2 is 2.15 bits per heavy atom. The molecule has 0 bridgehead atoms. The summed E-state index contributed by atoms with van der Waals surface area (Å²) in [6, 6.07) is 3.39. The van der Waals surface area contributed by atoms with Gasteiger partial charge in [-0.15, -0.1) is 0 Å². The molecule has 0 amide bonds. The van der Waals surface area contributed by atoms with Gasteiger partial charge in [-0.05, 0) is 41.9 Å². The third kappa shape index (κ3) is 2.80. The molecule has 0 radical (unpaired) electrons. The summed E-state index contributed by atoms with van der Waals surface area (Å²) in [7, 11) is 0. The van der Waals surface area contributed by atoms with Crippen LogP contribution in [0.25, 0.3) is 0 Å². The lowest BCUT2D eigenvalue weighted by molar-refractivity contribution is -0.158. The Labute approximate surface area is 125 Å². The standard InChI is InChI=1S/C14H15BrO5/c1-4-18-13(17)14(3)7-9-5-12(19-8(2)16)10(15)6-11(9)20-14/h5-6H,4,7H2,1-3H3. The molecular weight excluding hydrogens is 328 g/mol. The third-order valence-corrected chi connectivity index (χ3v) is 3.56. The molecule has 1 atom stereocenters. The Kier molecular flexibility index (Phi) is 4.04. The first-order chi connectivity index (χ1) is 9.35. The monoisotopic (exact) mass is 342 g/mol. The minimum atomic E-state index is -1.04. The van der Waals surface area contributed by atoms with Crippen molar-refractivity contribution in [1.82, 2.24) is 0 Å². The zero-order chi connectivity index (χ0) is 14.9. The van der Waals surface area contributed by atoms with Crippen LogP contribution in [0.5, 0.6) is 11.5 Å². The van der Waals surface area contributed by atoms with Gasteiger partial charge in [0.25, 0.3) is 0 Å². The third-order valence-electron chi connectivity index (χ3n) is 2.94. The fraction of sp³-hybridized carbons (Fsp3) is 0.429. The molecular formula is C14H15BrO5. The van der Waals surface area contributed by atoms with E-state index in [0.717, 1.165) is 5.56 Å². The summed E-state index contributed by atoms with van der Waals surface area (Å²) in [5, 5.41) is 0. The number of carbonyl (C=O) groups excluding carboxylic acids is 2. The molecule has 6 heteroatoms. The zero-order valence-corrected chi connectivity index (χ0v) is 13.1. The van der Waals surface area contributed by atoms with E-state index < -0.39 is 17.5 Å². The maximum atomic E-state index is 11.9. The molecule has 1 aromatic rings. The predicted octanol–water partition coefficient (Wildman–Crippen LogP) is 2.63. The van der Waals surface area contributed by atoms with E-state index in [4.69, 9.17) is 14.2 Å². The lowest BCUT2D eigenvalue weighted by atomic mass is 9.99. The Hall–Kier alpha value is -1.56. The van der Waals surface area contributed by atoms with Crippen molar-refractivity contribution < 1.29 is 23.8 Å². The average molecular weight is 343 g/mol. The molecule has 1 aliphatic rings. The topological polar surface area (TPSA) is 61.8 Å². The van der Waals surface area contributed by atoms with Gasteiger partial charge in [-0.25, -0.2) is 4.79 Å². The van der Waals surface area contributed by atoms with E-state index in [1.165, 1.54) is 6.92 Å². The lowest BCUT2D eigenvalue weighted by Crippen LogP contribution is -2.41. The van der Waals surface area contributed by atoms with Crippen LogP contribution in [0.3, 0.4) is 0 Å². The van der Waals surface area contributed by atoms with Gasteiger partial charge in [0.2, 0.25) is 5.60 Å². The molecule has 0 aromatic heterocycles. The first kappa shape index (κ1) is 14.8. The van der Waals surface area contributed by atoms with Crippen LogP contribution in [0.2, 0.25) is 0 Å². The second-order valence-electron chi connectivity index (χ2n) is 4.71. The summed E-state index contributed by atoms with van der Waals surface area (Å²) in [4.78, 5) is 23.0. The van der Waals surface area contributed by atoms with Crippen LogP contribution in [0.1, 0.15) is 26.3 Å². The van der Waals surface area contributed by atoms with Gasteiger partial charge in [0.15, 0.2) is 0 Å². The molecule has 20 heavy (non-hydrogen) atoms. The normalized spacial score (nSPS) is 20.0. The smallest absolute Gasteiger partial charge is 0.350 e. The first-order valence-corrected chi connectivity index (χ1v) is 7.02. The second-order valence-corrected chi connectivity index (χ2v) is 5.57. The lowest BCUT2D eigenvalue weighted by Gasteiger charge is -2.21. The van der Waals surface area contributed by atoms with Crippen molar-refractivity contribution in [3.8, 4) is 11.5 Å². The number of fused-ring (bicyclic) bond motifs is 1. The number of hydrogen-bond acceptors (Lipinski definition) is 5. The molecule has 1 aromatic carbocycles. The van der Waals surface area contributed by atoms with Crippen LogP contribution < -0.4 is 9.47 Å². The highest BCUT2D eigenvalue weighted by Crippen LogP contribution is 2.41. The van der Waals surface area contributed by atoms with E-state index in [-0.39, 0.29) is 0 Å². The van der Waals surface area contributed by atoms with Crippen molar-refractivity contribution in [3.05, 3.63) is 22.2 Å². The van der Waals surface area contributed by atoms with E-state index in [2.05, 4.69) is 15.9 Å². The maximum absolute atomic E-state index is 11.9. The molecule has 0 aliphatic carbocycles.